The van der Waals surface area contributed by atoms with E-state index in [9.17, 15) is 9.59 Å². The number of methoxy groups -OCH3 is 1. The molecule has 0 N–H and O–H groups in total. The molecule has 0 unspecified atom stereocenters. The van der Waals surface area contributed by atoms with Crippen LogP contribution in [0.5, 0.6) is 11.5 Å². The lowest BCUT2D eigenvalue weighted by Gasteiger charge is -2.24. The largest absolute Gasteiger partial charge is 0.426 e. The number of hydrogen-bond donors (Lipinski definition) is 0. The van der Waals surface area contributed by atoms with Crippen LogP contribution in [0.3, 0.4) is 0 Å². The van der Waals surface area contributed by atoms with Crippen LogP contribution in [0.25, 0.3) is 0 Å². The first-order chi connectivity index (χ1) is 10.6. The number of carbonyl (C=O) groups is 2. The van der Waals surface area contributed by atoms with Crippen molar-refractivity contribution in [3.8, 4) is 11.5 Å². The van der Waals surface area contributed by atoms with Crippen LogP contribution in [-0.2, 0) is 14.3 Å². The summed E-state index contributed by atoms with van der Waals surface area (Å²) in [6, 6.07) is 6.44. The number of hydrogen-bond acceptors (Lipinski definition) is 5. The monoisotopic (exact) mass is 306 g/mol. The summed E-state index contributed by atoms with van der Waals surface area (Å²) in [5.74, 6) is 0.920. The Bertz CT molecular complexity index is 500. The molecule has 0 aliphatic heterocycles. The van der Waals surface area contributed by atoms with E-state index in [2.05, 4.69) is 11.7 Å². The fourth-order valence-corrected chi connectivity index (χ4v) is 2.55. The van der Waals surface area contributed by atoms with Crippen molar-refractivity contribution < 1.29 is 23.8 Å². The van der Waals surface area contributed by atoms with Crippen LogP contribution < -0.4 is 9.47 Å². The van der Waals surface area contributed by atoms with Crippen molar-refractivity contribution in [2.75, 3.05) is 13.7 Å². The minimum Gasteiger partial charge on any atom is -0.426 e. The van der Waals surface area contributed by atoms with Gasteiger partial charge in [0.1, 0.15) is 18.1 Å². The van der Waals surface area contributed by atoms with Gasteiger partial charge in [-0.1, -0.05) is 6.92 Å². The van der Waals surface area contributed by atoms with Gasteiger partial charge in [0, 0.05) is 7.11 Å². The SMILES string of the molecule is COCC(=O)Oc1ccc(OC(=O)C2CCC(C)CC2)cc1. The topological polar surface area (TPSA) is 61.8 Å². The second-order valence-corrected chi connectivity index (χ2v) is 5.76. The predicted molar refractivity (Wildman–Crippen MR) is 80.7 cm³/mol. The number of rotatable bonds is 5. The number of benzene rings is 1. The first kappa shape index (κ1) is 16.5. The maximum absolute atomic E-state index is 12.1. The molecule has 1 fully saturated rings. The fourth-order valence-electron chi connectivity index (χ4n) is 2.55. The summed E-state index contributed by atoms with van der Waals surface area (Å²) in [5, 5.41) is 0. The van der Waals surface area contributed by atoms with Gasteiger partial charge in [-0.05, 0) is 55.9 Å². The van der Waals surface area contributed by atoms with Gasteiger partial charge in [-0.3, -0.25) is 4.79 Å². The van der Waals surface area contributed by atoms with Crippen LogP contribution in [0.4, 0.5) is 0 Å². The summed E-state index contributed by atoms with van der Waals surface area (Å²) in [4.78, 5) is 23.4. The first-order valence-electron chi connectivity index (χ1n) is 7.60. The molecule has 0 bridgehead atoms. The molecule has 1 aliphatic carbocycles. The molecule has 0 aromatic heterocycles. The fraction of sp³-hybridized carbons (Fsp3) is 0.529. The third-order valence-corrected chi connectivity index (χ3v) is 3.89. The van der Waals surface area contributed by atoms with Gasteiger partial charge in [0.25, 0.3) is 0 Å². The zero-order valence-electron chi connectivity index (χ0n) is 13.0. The summed E-state index contributed by atoms with van der Waals surface area (Å²) in [6.07, 6.45) is 3.95. The van der Waals surface area contributed by atoms with Gasteiger partial charge in [0.05, 0.1) is 5.92 Å². The molecule has 5 nitrogen and oxygen atoms in total. The Morgan fingerprint density at radius 3 is 2.09 bits per heavy atom. The minimum absolute atomic E-state index is 0.00425. The molecule has 120 valence electrons. The highest BCUT2D eigenvalue weighted by molar-refractivity contribution is 5.75. The number of ether oxygens (including phenoxy) is 3. The molecular weight excluding hydrogens is 284 g/mol. The third kappa shape index (κ3) is 4.84. The Hall–Kier alpha value is -1.88. The Kier molecular flexibility index (Phi) is 5.95. The lowest BCUT2D eigenvalue weighted by Crippen LogP contribution is -2.24. The highest BCUT2D eigenvalue weighted by atomic mass is 16.6. The van der Waals surface area contributed by atoms with Gasteiger partial charge >= 0.3 is 11.9 Å². The van der Waals surface area contributed by atoms with Crippen LogP contribution >= 0.6 is 0 Å². The van der Waals surface area contributed by atoms with Crippen molar-refractivity contribution in [2.24, 2.45) is 11.8 Å². The van der Waals surface area contributed by atoms with E-state index in [0.29, 0.717) is 17.4 Å². The zero-order chi connectivity index (χ0) is 15.9. The van der Waals surface area contributed by atoms with Crippen molar-refractivity contribution in [3.63, 3.8) is 0 Å². The highest BCUT2D eigenvalue weighted by Crippen LogP contribution is 2.29. The summed E-state index contributed by atoms with van der Waals surface area (Å²) >= 11 is 0. The molecule has 22 heavy (non-hydrogen) atoms. The zero-order valence-corrected chi connectivity index (χ0v) is 13.0. The molecule has 0 radical (unpaired) electrons. The highest BCUT2D eigenvalue weighted by Gasteiger charge is 2.25. The summed E-state index contributed by atoms with van der Waals surface area (Å²) < 4.78 is 15.1. The molecule has 1 aromatic rings. The van der Waals surface area contributed by atoms with E-state index in [1.165, 1.54) is 7.11 Å². The maximum Gasteiger partial charge on any atom is 0.337 e. The van der Waals surface area contributed by atoms with Crippen LogP contribution in [0, 0.1) is 11.8 Å². The molecule has 1 aliphatic rings. The average molecular weight is 306 g/mol. The van der Waals surface area contributed by atoms with E-state index < -0.39 is 5.97 Å². The van der Waals surface area contributed by atoms with Gasteiger partial charge in [-0.25, -0.2) is 4.79 Å². The quantitative estimate of drug-likeness (QED) is 0.618. The second kappa shape index (κ2) is 7.94. The van der Waals surface area contributed by atoms with Crippen LogP contribution in [0.2, 0.25) is 0 Å². The van der Waals surface area contributed by atoms with E-state index in [1.807, 2.05) is 0 Å². The Morgan fingerprint density at radius 1 is 1.00 bits per heavy atom. The Labute approximate surface area is 130 Å². The maximum atomic E-state index is 12.1. The van der Waals surface area contributed by atoms with Crippen molar-refractivity contribution in [1.82, 2.24) is 0 Å². The van der Waals surface area contributed by atoms with Crippen LogP contribution in [0.1, 0.15) is 32.6 Å². The van der Waals surface area contributed by atoms with Gasteiger partial charge in [0.2, 0.25) is 0 Å². The molecule has 0 heterocycles. The van der Waals surface area contributed by atoms with E-state index in [0.717, 1.165) is 25.7 Å². The van der Waals surface area contributed by atoms with Crippen LogP contribution in [-0.4, -0.2) is 25.7 Å². The van der Waals surface area contributed by atoms with E-state index in [4.69, 9.17) is 9.47 Å². The summed E-state index contributed by atoms with van der Waals surface area (Å²) in [7, 11) is 1.43. The van der Waals surface area contributed by atoms with Gasteiger partial charge < -0.3 is 14.2 Å². The van der Waals surface area contributed by atoms with Gasteiger partial charge in [-0.15, -0.1) is 0 Å². The molecule has 1 saturated carbocycles. The third-order valence-electron chi connectivity index (χ3n) is 3.89. The standard InChI is InChI=1S/C17H22O5/c1-12-3-5-13(6-4-12)17(19)22-15-9-7-14(8-10-15)21-16(18)11-20-2/h7-10,12-13H,3-6,11H2,1-2H3. The number of carbonyl (C=O) groups excluding carboxylic acids is 2. The van der Waals surface area contributed by atoms with Gasteiger partial charge in [0.15, 0.2) is 0 Å². The van der Waals surface area contributed by atoms with Crippen molar-refractivity contribution in [3.05, 3.63) is 24.3 Å². The summed E-state index contributed by atoms with van der Waals surface area (Å²) in [5.41, 5.74) is 0. The second-order valence-electron chi connectivity index (χ2n) is 5.76. The molecular formula is C17H22O5. The molecule has 0 spiro atoms. The van der Waals surface area contributed by atoms with E-state index in [-0.39, 0.29) is 18.5 Å². The normalized spacial score (nSPS) is 21.2. The van der Waals surface area contributed by atoms with Crippen molar-refractivity contribution >= 4 is 11.9 Å². The molecule has 0 amide bonds. The first-order valence-corrected chi connectivity index (χ1v) is 7.60. The minimum atomic E-state index is -0.469. The summed E-state index contributed by atoms with van der Waals surface area (Å²) in [6.45, 7) is 2.11. The lowest BCUT2D eigenvalue weighted by molar-refractivity contribution is -0.140. The van der Waals surface area contributed by atoms with Gasteiger partial charge in [-0.2, -0.15) is 0 Å². The van der Waals surface area contributed by atoms with E-state index in [1.54, 1.807) is 24.3 Å². The number of esters is 2. The smallest absolute Gasteiger partial charge is 0.337 e. The molecule has 5 heteroatoms. The predicted octanol–water partition coefficient (Wildman–Crippen LogP) is 2.97. The Balaban J connectivity index is 1.85. The molecule has 1 aromatic carbocycles. The van der Waals surface area contributed by atoms with Crippen molar-refractivity contribution in [1.29, 1.82) is 0 Å². The lowest BCUT2D eigenvalue weighted by atomic mass is 9.83. The van der Waals surface area contributed by atoms with Crippen molar-refractivity contribution in [2.45, 2.75) is 32.6 Å². The average Bonchev–Trinajstić information content (AvgIpc) is 2.50. The Morgan fingerprint density at radius 2 is 1.55 bits per heavy atom. The molecule has 0 atom stereocenters. The van der Waals surface area contributed by atoms with E-state index >= 15 is 0 Å². The molecule has 0 saturated heterocycles. The van der Waals surface area contributed by atoms with Crippen LogP contribution in [0.15, 0.2) is 24.3 Å². The molecule has 2 rings (SSSR count).